The second-order valence-corrected chi connectivity index (χ2v) is 10.8. The Morgan fingerprint density at radius 3 is 2.83 bits per heavy atom. The molecule has 1 amide bonds. The number of hydrogen-bond acceptors (Lipinski definition) is 8. The zero-order valence-corrected chi connectivity index (χ0v) is 21.0. The Balaban J connectivity index is 1.38. The highest BCUT2D eigenvalue weighted by molar-refractivity contribution is 7.18. The Kier molecular flexibility index (Phi) is 6.30. The molecule has 2 aromatic heterocycles. The van der Waals surface area contributed by atoms with Gasteiger partial charge in [0, 0.05) is 46.5 Å². The van der Waals surface area contributed by atoms with Crippen molar-refractivity contribution < 1.29 is 19.4 Å². The molecule has 1 N–H and O–H groups in total. The Bertz CT molecular complexity index is 1320. The van der Waals surface area contributed by atoms with Crippen LogP contribution in [0.15, 0.2) is 29.9 Å². The third-order valence-corrected chi connectivity index (χ3v) is 8.00. The summed E-state index contributed by atoms with van der Waals surface area (Å²) in [6.45, 7) is 4.64. The van der Waals surface area contributed by atoms with E-state index in [0.29, 0.717) is 35.1 Å². The van der Waals surface area contributed by atoms with E-state index in [1.165, 1.54) is 17.7 Å². The summed E-state index contributed by atoms with van der Waals surface area (Å²) < 4.78 is 12.8. The zero-order chi connectivity index (χ0) is 24.7. The molecule has 3 heterocycles. The Morgan fingerprint density at radius 1 is 1.34 bits per heavy atom. The van der Waals surface area contributed by atoms with Gasteiger partial charge in [-0.15, -0.1) is 11.3 Å². The van der Waals surface area contributed by atoms with Crippen LogP contribution in [-0.2, 0) is 4.74 Å². The molecule has 2 aliphatic rings. The number of benzene rings is 1. The van der Waals surface area contributed by atoms with Gasteiger partial charge in [0.1, 0.15) is 22.7 Å². The van der Waals surface area contributed by atoms with Crippen molar-refractivity contribution >= 4 is 39.2 Å². The number of carbonyl (C=O) groups excluding carboxylic acids is 1. The summed E-state index contributed by atoms with van der Waals surface area (Å²) in [7, 11) is 0. The van der Waals surface area contributed by atoms with Crippen molar-refractivity contribution in [3.63, 3.8) is 0 Å². The fourth-order valence-corrected chi connectivity index (χ4v) is 5.72. The molecular weight excluding hydrogens is 488 g/mol. The number of nitriles is 1. The van der Waals surface area contributed by atoms with E-state index in [2.05, 4.69) is 16.0 Å². The fraction of sp³-hybridized carbons (Fsp3) is 0.440. The largest absolute Gasteiger partial charge is 0.472 e. The number of thiophene rings is 1. The van der Waals surface area contributed by atoms with Crippen molar-refractivity contribution in [2.45, 2.75) is 38.4 Å². The average Bonchev–Trinajstić information content (AvgIpc) is 3.41. The summed E-state index contributed by atoms with van der Waals surface area (Å²) >= 11 is 7.89. The number of aliphatic hydroxyl groups excluding tert-OH is 1. The monoisotopic (exact) mass is 512 g/mol. The van der Waals surface area contributed by atoms with Gasteiger partial charge in [-0.1, -0.05) is 24.6 Å². The summed E-state index contributed by atoms with van der Waals surface area (Å²) in [6, 6.07) is 7.26. The second kappa shape index (κ2) is 9.26. The third-order valence-electron chi connectivity index (χ3n) is 6.73. The molecule has 3 aromatic rings. The van der Waals surface area contributed by atoms with Gasteiger partial charge in [-0.2, -0.15) is 5.26 Å². The third kappa shape index (κ3) is 4.66. The Hall–Kier alpha value is -2.93. The molecule has 8 nitrogen and oxygen atoms in total. The lowest BCUT2D eigenvalue weighted by molar-refractivity contribution is -0.0280. The molecule has 1 aliphatic carbocycles. The van der Waals surface area contributed by atoms with Crippen molar-refractivity contribution in [3.05, 3.63) is 40.5 Å². The van der Waals surface area contributed by atoms with Crippen LogP contribution in [0.5, 0.6) is 5.88 Å². The number of carbonyl (C=O) groups is 1. The van der Waals surface area contributed by atoms with Crippen LogP contribution in [0, 0.1) is 23.2 Å². The first-order chi connectivity index (χ1) is 16.8. The molecule has 0 bridgehead atoms. The number of ether oxygens (including phenoxy) is 2. The van der Waals surface area contributed by atoms with Crippen LogP contribution >= 0.6 is 22.9 Å². The summed E-state index contributed by atoms with van der Waals surface area (Å²) in [4.78, 5) is 23.2. The van der Waals surface area contributed by atoms with Crippen molar-refractivity contribution in [1.82, 2.24) is 14.9 Å². The van der Waals surface area contributed by atoms with E-state index in [-0.39, 0.29) is 36.2 Å². The predicted molar refractivity (Wildman–Crippen MR) is 132 cm³/mol. The van der Waals surface area contributed by atoms with Crippen LogP contribution in [0.3, 0.4) is 0 Å². The number of amides is 1. The van der Waals surface area contributed by atoms with Crippen LogP contribution in [-0.4, -0.2) is 57.5 Å². The van der Waals surface area contributed by atoms with E-state index >= 15 is 0 Å². The number of halogens is 1. The van der Waals surface area contributed by atoms with E-state index in [9.17, 15) is 9.90 Å². The van der Waals surface area contributed by atoms with Gasteiger partial charge < -0.3 is 19.5 Å². The van der Waals surface area contributed by atoms with Gasteiger partial charge in [0.25, 0.3) is 0 Å². The molecule has 10 heteroatoms. The molecule has 1 saturated heterocycles. The summed E-state index contributed by atoms with van der Waals surface area (Å²) in [6.07, 6.45) is 2.56. The number of likely N-dealkylation sites (tertiary alicyclic amines) is 1. The number of aliphatic hydroxyl groups is 1. The van der Waals surface area contributed by atoms with Crippen molar-refractivity contribution in [3.8, 4) is 23.1 Å². The highest BCUT2D eigenvalue weighted by Gasteiger charge is 2.45. The molecule has 182 valence electrons. The first kappa shape index (κ1) is 23.8. The molecule has 1 aliphatic heterocycles. The van der Waals surface area contributed by atoms with Crippen LogP contribution < -0.4 is 4.74 Å². The van der Waals surface area contributed by atoms with Gasteiger partial charge in [0.15, 0.2) is 0 Å². The maximum absolute atomic E-state index is 12.6. The minimum Gasteiger partial charge on any atom is -0.472 e. The highest BCUT2D eigenvalue weighted by Crippen LogP contribution is 2.41. The van der Waals surface area contributed by atoms with Gasteiger partial charge in [-0.05, 0) is 31.9 Å². The Labute approximate surface area is 212 Å². The minimum absolute atomic E-state index is 0.0436. The molecule has 3 atom stereocenters. The van der Waals surface area contributed by atoms with Crippen LogP contribution in [0.1, 0.15) is 32.3 Å². The average molecular weight is 513 g/mol. The molecule has 1 saturated carbocycles. The van der Waals surface area contributed by atoms with E-state index in [1.807, 2.05) is 25.3 Å². The maximum Gasteiger partial charge on any atom is 0.410 e. The van der Waals surface area contributed by atoms with Gasteiger partial charge >= 0.3 is 6.09 Å². The number of hydrogen-bond donors (Lipinski definition) is 1. The van der Waals surface area contributed by atoms with E-state index in [1.54, 1.807) is 17.0 Å². The molecule has 3 unspecified atom stereocenters. The number of nitrogens with zero attached hydrogens (tertiary/aromatic N) is 4. The molecule has 2 fully saturated rings. The first-order valence-electron chi connectivity index (χ1n) is 11.5. The number of rotatable bonds is 5. The molecular formula is C25H25ClN4O4S. The highest BCUT2D eigenvalue weighted by atomic mass is 35.5. The molecule has 5 rings (SSSR count). The van der Waals surface area contributed by atoms with Crippen molar-refractivity contribution in [2.75, 3.05) is 19.7 Å². The lowest BCUT2D eigenvalue weighted by Gasteiger charge is -2.41. The van der Waals surface area contributed by atoms with Crippen molar-refractivity contribution in [2.24, 2.45) is 11.8 Å². The van der Waals surface area contributed by atoms with Gasteiger partial charge in [-0.3, -0.25) is 0 Å². The summed E-state index contributed by atoms with van der Waals surface area (Å²) in [5, 5.41) is 21.7. The number of fused-ring (bicyclic) bond motifs is 1. The molecule has 1 aromatic carbocycles. The van der Waals surface area contributed by atoms with E-state index in [0.717, 1.165) is 28.7 Å². The van der Waals surface area contributed by atoms with Crippen LogP contribution in [0.2, 0.25) is 5.02 Å². The summed E-state index contributed by atoms with van der Waals surface area (Å²) in [5.41, 5.74) is 2.47. The lowest BCUT2D eigenvalue weighted by atomic mass is 9.87. The molecule has 0 spiro atoms. The van der Waals surface area contributed by atoms with Crippen LogP contribution in [0.4, 0.5) is 4.79 Å². The quantitative estimate of drug-likeness (QED) is 0.519. The second-order valence-electron chi connectivity index (χ2n) is 9.54. The maximum atomic E-state index is 12.6. The van der Waals surface area contributed by atoms with Gasteiger partial charge in [-0.25, -0.2) is 14.8 Å². The van der Waals surface area contributed by atoms with Crippen molar-refractivity contribution in [1.29, 1.82) is 5.26 Å². The minimum atomic E-state index is -0.344. The Morgan fingerprint density at radius 2 is 2.14 bits per heavy atom. The van der Waals surface area contributed by atoms with Gasteiger partial charge in [0.05, 0.1) is 23.8 Å². The SMILES string of the molecule is CC1CN(C(=O)OC2(C)CC2)CC(CO)C1Oc1ncnc2c(-c3ccc(C#N)cc3Cl)csc12. The van der Waals surface area contributed by atoms with E-state index in [4.69, 9.17) is 26.3 Å². The number of aromatic nitrogens is 2. The van der Waals surface area contributed by atoms with Crippen LogP contribution in [0.25, 0.3) is 21.3 Å². The standard InChI is InChI=1S/C25H25ClN4O4S/c1-14-9-30(24(32)34-25(2)5-6-25)10-16(11-31)21(14)33-23-22-20(28-13-29-23)18(12-35-22)17-4-3-15(8-27)7-19(17)26/h3-4,7,12-14,16,21,31H,5-6,9-11H2,1-2H3. The molecule has 35 heavy (non-hydrogen) atoms. The van der Waals surface area contributed by atoms with Gasteiger partial charge in [0.2, 0.25) is 5.88 Å². The first-order valence-corrected chi connectivity index (χ1v) is 12.8. The fourth-order valence-electron chi connectivity index (χ4n) is 4.49. The predicted octanol–water partition coefficient (Wildman–Crippen LogP) is 4.88. The smallest absolute Gasteiger partial charge is 0.410 e. The van der Waals surface area contributed by atoms with E-state index < -0.39 is 0 Å². The topological polar surface area (TPSA) is 109 Å². The normalized spacial score (nSPS) is 23.1. The summed E-state index contributed by atoms with van der Waals surface area (Å²) in [5.74, 6) is 0.112. The number of piperidine rings is 1. The zero-order valence-electron chi connectivity index (χ0n) is 19.4. The lowest BCUT2D eigenvalue weighted by Crippen LogP contribution is -2.54. The molecule has 0 radical (unpaired) electrons.